The van der Waals surface area contributed by atoms with E-state index in [2.05, 4.69) is 216 Å². The van der Waals surface area contributed by atoms with Crippen LogP contribution in [0.15, 0.2) is 227 Å². The van der Waals surface area contributed by atoms with Crippen molar-refractivity contribution in [2.45, 2.75) is 95.8 Å². The zero-order valence-electron chi connectivity index (χ0n) is 47.6. The largest absolute Gasteiger partial charge is 0.436 e. The lowest BCUT2D eigenvalue weighted by atomic mass is 9.73. The second-order valence-corrected chi connectivity index (χ2v) is 23.7. The van der Waals surface area contributed by atoms with Crippen molar-refractivity contribution >= 4 is 39.3 Å². The first-order valence-electron chi connectivity index (χ1n) is 29.6. The molecule has 0 fully saturated rings. The van der Waals surface area contributed by atoms with E-state index in [0.717, 1.165) is 82.5 Å². The van der Waals surface area contributed by atoms with Crippen LogP contribution in [0.2, 0.25) is 0 Å². The molecular formula is C77H65N3O2. The van der Waals surface area contributed by atoms with Crippen LogP contribution in [0, 0.1) is 0 Å². The number of hydrogen-bond acceptors (Lipinski definition) is 5. The van der Waals surface area contributed by atoms with E-state index in [1.807, 2.05) is 48.5 Å². The molecule has 1 atom stereocenters. The number of para-hydroxylation sites is 4. The molecule has 82 heavy (non-hydrogen) atoms. The first-order valence-corrected chi connectivity index (χ1v) is 29.6. The number of fused-ring (bicyclic) bond motifs is 11. The van der Waals surface area contributed by atoms with Crippen molar-refractivity contribution in [3.8, 4) is 56.3 Å². The van der Waals surface area contributed by atoms with Crippen molar-refractivity contribution in [1.29, 1.82) is 0 Å². The molecular weight excluding hydrogens is 999 g/mol. The maximum atomic E-state index is 6.27. The highest BCUT2D eigenvalue weighted by atomic mass is 16.4. The minimum atomic E-state index is -0.281. The number of nitrogens with zero attached hydrogens (tertiary/aromatic N) is 3. The number of aromatic nitrogens is 2. The van der Waals surface area contributed by atoms with E-state index in [4.69, 9.17) is 18.8 Å². The number of rotatable bonds is 13. The predicted molar refractivity (Wildman–Crippen MR) is 337 cm³/mol. The van der Waals surface area contributed by atoms with Gasteiger partial charge < -0.3 is 13.7 Å². The minimum Gasteiger partial charge on any atom is -0.436 e. The molecule has 0 saturated carbocycles. The van der Waals surface area contributed by atoms with Crippen molar-refractivity contribution in [3.63, 3.8) is 0 Å². The van der Waals surface area contributed by atoms with E-state index >= 15 is 0 Å². The lowest BCUT2D eigenvalue weighted by Crippen LogP contribution is -2.23. The molecule has 0 bridgehead atoms. The number of oxazole rings is 2. The Morgan fingerprint density at radius 2 is 0.793 bits per heavy atom. The Labute approximate surface area is 481 Å². The molecule has 3 aliphatic rings. The zero-order valence-corrected chi connectivity index (χ0v) is 47.6. The fourth-order valence-electron chi connectivity index (χ4n) is 15.0. The summed E-state index contributed by atoms with van der Waals surface area (Å²) >= 11 is 0. The van der Waals surface area contributed by atoms with Gasteiger partial charge in [0.15, 0.2) is 11.2 Å². The van der Waals surface area contributed by atoms with E-state index in [1.54, 1.807) is 0 Å². The van der Waals surface area contributed by atoms with E-state index < -0.39 is 0 Å². The van der Waals surface area contributed by atoms with Crippen LogP contribution in [-0.4, -0.2) is 9.97 Å². The number of benzene rings is 10. The van der Waals surface area contributed by atoms with E-state index in [-0.39, 0.29) is 22.2 Å². The van der Waals surface area contributed by atoms with Gasteiger partial charge in [0.2, 0.25) is 11.8 Å². The average molecular weight is 1060 g/mol. The fraction of sp³-hybridized carbons (Fsp3) is 0.195. The summed E-state index contributed by atoms with van der Waals surface area (Å²) in [5.41, 5.74) is 28.6. The molecule has 10 aromatic carbocycles. The maximum Gasteiger partial charge on any atom is 0.227 e. The standard InChI is InChI=1S/C77H65N3O2/c1-7-76(8-2)63-21-13-11-19-56(63)60-40-34-52(45-67(60)76)62(49-28-30-50(31-29-49)73-78-69-23-15-17-25-71(69)81-73)43-48-27-39-58-59-41-37-54(46-66(59)75(5,6)65(58)44-48)80(53-35-32-51(33-36-53)74-79-70-24-16-18-26-72(70)82-74)55-38-42-61-57-20-12-14-22-64(57)77(9-3,10-4)68(61)47-55/h11-42,44-47,62H,7-10,43H2,1-6H3. The molecule has 5 nitrogen and oxygen atoms in total. The molecule has 2 aromatic heterocycles. The molecule has 3 aliphatic carbocycles. The van der Waals surface area contributed by atoms with Crippen molar-refractivity contribution in [1.82, 2.24) is 9.97 Å². The topological polar surface area (TPSA) is 55.3 Å². The SMILES string of the molecule is CCC1(CC)c2ccccc2-c2ccc(C(Cc3ccc4c(c3)C(C)(C)c3cc(N(c5ccc(-c6nc7ccccc7o6)cc5)c5ccc6c(c5)C(CC)(CC)c5ccccc5-6)ccc3-4)c3ccc(-c4nc5ccccc5o4)cc3)cc21. The highest BCUT2D eigenvalue weighted by Gasteiger charge is 2.43. The van der Waals surface area contributed by atoms with Gasteiger partial charge in [-0.15, -0.1) is 0 Å². The highest BCUT2D eigenvalue weighted by Crippen LogP contribution is 2.57. The fourth-order valence-corrected chi connectivity index (χ4v) is 15.0. The van der Waals surface area contributed by atoms with Gasteiger partial charge in [-0.1, -0.05) is 175 Å². The second kappa shape index (κ2) is 19.0. The van der Waals surface area contributed by atoms with Gasteiger partial charge >= 0.3 is 0 Å². The third kappa shape index (κ3) is 7.51. The van der Waals surface area contributed by atoms with Gasteiger partial charge in [-0.25, -0.2) is 9.97 Å². The summed E-state index contributed by atoms with van der Waals surface area (Å²) in [6, 6.07) is 80.9. The molecule has 0 saturated heterocycles. The molecule has 2 heterocycles. The summed E-state index contributed by atoms with van der Waals surface area (Å²) in [6.07, 6.45) is 5.00. The van der Waals surface area contributed by atoms with Gasteiger partial charge in [0.05, 0.1) is 0 Å². The molecule has 0 spiro atoms. The van der Waals surface area contributed by atoms with Crippen LogP contribution >= 0.6 is 0 Å². The van der Waals surface area contributed by atoms with Crippen LogP contribution in [-0.2, 0) is 22.7 Å². The normalized spacial score (nSPS) is 15.0. The summed E-state index contributed by atoms with van der Waals surface area (Å²) in [7, 11) is 0. The summed E-state index contributed by atoms with van der Waals surface area (Å²) in [6.45, 7) is 14.3. The first-order chi connectivity index (χ1) is 40.1. The van der Waals surface area contributed by atoms with E-state index in [9.17, 15) is 0 Å². The molecule has 1 unspecified atom stereocenters. The first kappa shape index (κ1) is 49.9. The lowest BCUT2D eigenvalue weighted by Gasteiger charge is -2.32. The van der Waals surface area contributed by atoms with Gasteiger partial charge in [-0.2, -0.15) is 0 Å². The number of hydrogen-bond donors (Lipinski definition) is 0. The lowest BCUT2D eigenvalue weighted by molar-refractivity contribution is 0.489. The van der Waals surface area contributed by atoms with Gasteiger partial charge in [0.1, 0.15) is 11.0 Å². The van der Waals surface area contributed by atoms with Gasteiger partial charge in [0, 0.05) is 50.4 Å². The molecule has 0 amide bonds. The monoisotopic (exact) mass is 1060 g/mol. The van der Waals surface area contributed by atoms with Crippen molar-refractivity contribution in [2.75, 3.05) is 4.90 Å². The van der Waals surface area contributed by atoms with Gasteiger partial charge in [-0.05, 0) is 200 Å². The third-order valence-electron chi connectivity index (χ3n) is 19.6. The predicted octanol–water partition coefficient (Wildman–Crippen LogP) is 20.6. The Morgan fingerprint density at radius 1 is 0.378 bits per heavy atom. The van der Waals surface area contributed by atoms with Crippen LogP contribution in [0.5, 0.6) is 0 Å². The molecule has 12 aromatic rings. The van der Waals surface area contributed by atoms with Gasteiger partial charge in [-0.3, -0.25) is 0 Å². The van der Waals surface area contributed by atoms with Gasteiger partial charge in [0.25, 0.3) is 0 Å². The molecule has 0 aliphatic heterocycles. The van der Waals surface area contributed by atoms with Crippen LogP contribution < -0.4 is 4.90 Å². The minimum absolute atomic E-state index is 0.0282. The second-order valence-electron chi connectivity index (χ2n) is 23.7. The molecule has 400 valence electrons. The van der Waals surface area contributed by atoms with Crippen molar-refractivity contribution in [3.05, 3.63) is 268 Å². The third-order valence-corrected chi connectivity index (χ3v) is 19.6. The average Bonchev–Trinajstić information content (AvgIpc) is 4.52. The van der Waals surface area contributed by atoms with E-state index in [0.29, 0.717) is 11.8 Å². The summed E-state index contributed by atoms with van der Waals surface area (Å²) in [4.78, 5) is 12.2. The smallest absolute Gasteiger partial charge is 0.227 e. The summed E-state index contributed by atoms with van der Waals surface area (Å²) in [5, 5.41) is 0. The Bertz CT molecular complexity index is 4400. The van der Waals surface area contributed by atoms with Crippen LogP contribution in [0.4, 0.5) is 17.1 Å². The Hall–Kier alpha value is -9.06. The van der Waals surface area contributed by atoms with Crippen LogP contribution in [0.1, 0.15) is 123 Å². The Morgan fingerprint density at radius 3 is 1.34 bits per heavy atom. The maximum absolute atomic E-state index is 6.27. The molecule has 15 rings (SSSR count). The highest BCUT2D eigenvalue weighted by molar-refractivity contribution is 5.90. The Balaban J connectivity index is 0.813. The quantitative estimate of drug-likeness (QED) is 0.115. The summed E-state index contributed by atoms with van der Waals surface area (Å²) in [5.74, 6) is 1.36. The molecule has 5 heteroatoms. The zero-order chi connectivity index (χ0) is 55.5. The van der Waals surface area contributed by atoms with Crippen LogP contribution in [0.25, 0.3) is 78.5 Å². The molecule has 0 radical (unpaired) electrons. The van der Waals surface area contributed by atoms with Crippen LogP contribution in [0.3, 0.4) is 0 Å². The van der Waals surface area contributed by atoms with Crippen molar-refractivity contribution < 1.29 is 8.83 Å². The molecule has 0 N–H and O–H groups in total. The summed E-state index contributed by atoms with van der Waals surface area (Å²) < 4.78 is 12.5. The number of anilines is 3. The van der Waals surface area contributed by atoms with E-state index in [1.165, 1.54) is 83.5 Å². The Kier molecular flexibility index (Phi) is 11.6. The van der Waals surface area contributed by atoms with Crippen molar-refractivity contribution in [2.24, 2.45) is 0 Å².